The first-order valence-electron chi connectivity index (χ1n) is 7.52. The molecule has 0 radical (unpaired) electrons. The van der Waals surface area contributed by atoms with Gasteiger partial charge < -0.3 is 9.63 Å². The molecule has 0 bridgehead atoms. The number of hydrogen-bond acceptors (Lipinski definition) is 3. The van der Waals surface area contributed by atoms with Crippen LogP contribution in [0.4, 0.5) is 0 Å². The van der Waals surface area contributed by atoms with Crippen LogP contribution in [-0.4, -0.2) is 16.9 Å². The van der Waals surface area contributed by atoms with Crippen molar-refractivity contribution in [2.45, 2.75) is 25.7 Å². The molecule has 2 aliphatic carbocycles. The maximum atomic E-state index is 9.38. The van der Waals surface area contributed by atoms with Crippen LogP contribution in [-0.2, 0) is 12.8 Å². The summed E-state index contributed by atoms with van der Waals surface area (Å²) in [7, 11) is 0. The van der Waals surface area contributed by atoms with Crippen LogP contribution < -0.4 is 0 Å². The predicted octanol–water partition coefficient (Wildman–Crippen LogP) is 3.07. The molecule has 3 atom stereocenters. The molecule has 0 amide bonds. The third-order valence-electron chi connectivity index (χ3n) is 5.07. The summed E-state index contributed by atoms with van der Waals surface area (Å²) in [6, 6.07) is 10.3. The third kappa shape index (κ3) is 1.88. The van der Waals surface area contributed by atoms with Gasteiger partial charge in [0.1, 0.15) is 11.5 Å². The van der Waals surface area contributed by atoms with Crippen molar-refractivity contribution < 1.29 is 9.63 Å². The van der Waals surface area contributed by atoms with Gasteiger partial charge in [-0.2, -0.15) is 0 Å². The second-order valence-corrected chi connectivity index (χ2v) is 6.05. The lowest BCUT2D eigenvalue weighted by molar-refractivity contribution is 0.261. The van der Waals surface area contributed by atoms with Crippen molar-refractivity contribution in [1.82, 2.24) is 5.16 Å². The SMILES string of the molecule is OC[C@H]1[C@H]2CCc3c(-c4ccccc4)noc3CC[C@@H]12. The number of hydrogen-bond donors (Lipinski definition) is 1. The molecule has 4 rings (SSSR count). The van der Waals surface area contributed by atoms with Crippen molar-refractivity contribution in [3.8, 4) is 11.3 Å². The van der Waals surface area contributed by atoms with E-state index < -0.39 is 0 Å². The fourth-order valence-corrected chi connectivity index (χ4v) is 3.88. The van der Waals surface area contributed by atoms with E-state index in [9.17, 15) is 5.11 Å². The number of rotatable bonds is 2. The van der Waals surface area contributed by atoms with Crippen LogP contribution in [0.1, 0.15) is 24.2 Å². The first-order chi connectivity index (χ1) is 9.88. The molecule has 3 heteroatoms. The van der Waals surface area contributed by atoms with E-state index in [0.717, 1.165) is 42.7 Å². The van der Waals surface area contributed by atoms with Crippen LogP contribution in [0, 0.1) is 17.8 Å². The first kappa shape index (κ1) is 12.2. The van der Waals surface area contributed by atoms with E-state index >= 15 is 0 Å². The van der Waals surface area contributed by atoms with Gasteiger partial charge in [0.25, 0.3) is 0 Å². The lowest BCUT2D eigenvalue weighted by Crippen LogP contribution is -1.99. The maximum Gasteiger partial charge on any atom is 0.140 e. The highest BCUT2D eigenvalue weighted by Gasteiger charge is 2.49. The molecular weight excluding hydrogens is 250 g/mol. The molecule has 1 N–H and O–H groups in total. The third-order valence-corrected chi connectivity index (χ3v) is 5.07. The maximum absolute atomic E-state index is 9.38. The quantitative estimate of drug-likeness (QED) is 0.911. The zero-order chi connectivity index (χ0) is 13.5. The molecule has 104 valence electrons. The van der Waals surface area contributed by atoms with Gasteiger partial charge in [-0.3, -0.25) is 0 Å². The fourth-order valence-electron chi connectivity index (χ4n) is 3.88. The zero-order valence-electron chi connectivity index (χ0n) is 11.5. The van der Waals surface area contributed by atoms with E-state index in [2.05, 4.69) is 17.3 Å². The van der Waals surface area contributed by atoms with Crippen molar-refractivity contribution in [1.29, 1.82) is 0 Å². The molecule has 2 aromatic rings. The van der Waals surface area contributed by atoms with Gasteiger partial charge >= 0.3 is 0 Å². The standard InChI is InChI=1S/C17H19NO2/c19-10-15-12-6-7-14-16(9-8-13(12)15)20-18-17(14)11-4-2-1-3-5-11/h1-5,12-13,15,19H,6-10H2/t12-,13+,15-/m0/s1. The monoisotopic (exact) mass is 269 g/mol. The largest absolute Gasteiger partial charge is 0.396 e. The fraction of sp³-hybridized carbons (Fsp3) is 0.471. The number of aliphatic hydroxyl groups is 1. The summed E-state index contributed by atoms with van der Waals surface area (Å²) < 4.78 is 5.60. The molecule has 0 spiro atoms. The van der Waals surface area contributed by atoms with Crippen LogP contribution in [0.3, 0.4) is 0 Å². The minimum Gasteiger partial charge on any atom is -0.396 e. The molecule has 2 aliphatic rings. The van der Waals surface area contributed by atoms with E-state index in [1.165, 1.54) is 5.56 Å². The smallest absolute Gasteiger partial charge is 0.140 e. The minimum atomic E-state index is 0.348. The molecule has 1 aromatic heterocycles. The predicted molar refractivity (Wildman–Crippen MR) is 76.1 cm³/mol. The Bertz CT molecular complexity index is 605. The summed E-state index contributed by atoms with van der Waals surface area (Å²) in [6.07, 6.45) is 4.28. The van der Waals surface area contributed by atoms with Gasteiger partial charge in [-0.25, -0.2) is 0 Å². The normalized spacial score (nSPS) is 28.1. The van der Waals surface area contributed by atoms with Crippen LogP contribution >= 0.6 is 0 Å². The van der Waals surface area contributed by atoms with Gasteiger partial charge in [0.15, 0.2) is 0 Å². The minimum absolute atomic E-state index is 0.348. The van der Waals surface area contributed by atoms with Crippen molar-refractivity contribution in [3.63, 3.8) is 0 Å². The topological polar surface area (TPSA) is 46.3 Å². The second-order valence-electron chi connectivity index (χ2n) is 6.05. The summed E-state index contributed by atoms with van der Waals surface area (Å²) in [5, 5.41) is 13.7. The number of fused-ring (bicyclic) bond motifs is 2. The lowest BCUT2D eigenvalue weighted by atomic mass is 9.95. The summed E-state index contributed by atoms with van der Waals surface area (Å²) >= 11 is 0. The number of nitrogens with zero attached hydrogens (tertiary/aromatic N) is 1. The Morgan fingerprint density at radius 3 is 2.60 bits per heavy atom. The summed E-state index contributed by atoms with van der Waals surface area (Å²) in [5.74, 6) is 3.02. The molecule has 1 saturated carbocycles. The average molecular weight is 269 g/mol. The number of aromatic nitrogens is 1. The summed E-state index contributed by atoms with van der Waals surface area (Å²) in [4.78, 5) is 0. The average Bonchev–Trinajstić information content (AvgIpc) is 2.99. The van der Waals surface area contributed by atoms with E-state index in [1.807, 2.05) is 18.2 Å². The Morgan fingerprint density at radius 1 is 1.10 bits per heavy atom. The molecule has 0 unspecified atom stereocenters. The van der Waals surface area contributed by atoms with E-state index in [-0.39, 0.29) is 0 Å². The van der Waals surface area contributed by atoms with Crippen molar-refractivity contribution in [2.24, 2.45) is 17.8 Å². The highest BCUT2D eigenvalue weighted by atomic mass is 16.5. The van der Waals surface area contributed by atoms with Crippen molar-refractivity contribution in [3.05, 3.63) is 41.7 Å². The van der Waals surface area contributed by atoms with Gasteiger partial charge in [-0.05, 0) is 37.0 Å². The van der Waals surface area contributed by atoms with Gasteiger partial charge in [0.2, 0.25) is 0 Å². The van der Waals surface area contributed by atoms with E-state index in [1.54, 1.807) is 0 Å². The molecule has 0 aliphatic heterocycles. The van der Waals surface area contributed by atoms with Crippen LogP contribution in [0.5, 0.6) is 0 Å². The Morgan fingerprint density at radius 2 is 1.85 bits per heavy atom. The van der Waals surface area contributed by atoms with E-state index in [4.69, 9.17) is 4.52 Å². The van der Waals surface area contributed by atoms with Gasteiger partial charge in [0.05, 0.1) is 0 Å². The van der Waals surface area contributed by atoms with Gasteiger partial charge in [-0.15, -0.1) is 0 Å². The first-order valence-corrected chi connectivity index (χ1v) is 7.52. The van der Waals surface area contributed by atoms with Crippen LogP contribution in [0.2, 0.25) is 0 Å². The molecule has 0 saturated heterocycles. The van der Waals surface area contributed by atoms with Crippen molar-refractivity contribution in [2.75, 3.05) is 6.61 Å². The van der Waals surface area contributed by atoms with Crippen LogP contribution in [0.25, 0.3) is 11.3 Å². The summed E-state index contributed by atoms with van der Waals surface area (Å²) in [5.41, 5.74) is 3.45. The highest BCUT2D eigenvalue weighted by Crippen LogP contribution is 2.53. The Labute approximate surface area is 118 Å². The molecule has 20 heavy (non-hydrogen) atoms. The van der Waals surface area contributed by atoms with E-state index in [0.29, 0.717) is 24.4 Å². The highest BCUT2D eigenvalue weighted by molar-refractivity contribution is 5.63. The molecule has 3 nitrogen and oxygen atoms in total. The number of benzene rings is 1. The van der Waals surface area contributed by atoms with Crippen molar-refractivity contribution >= 4 is 0 Å². The zero-order valence-corrected chi connectivity index (χ0v) is 11.5. The molecule has 1 fully saturated rings. The number of aryl methyl sites for hydroxylation is 1. The molecule has 1 aromatic carbocycles. The second kappa shape index (κ2) is 4.74. The van der Waals surface area contributed by atoms with Crippen LogP contribution in [0.15, 0.2) is 34.9 Å². The Hall–Kier alpha value is -1.61. The van der Waals surface area contributed by atoms with Gasteiger partial charge in [-0.1, -0.05) is 35.5 Å². The molecular formula is C17H19NO2. The Kier molecular flexibility index (Phi) is 2.88. The van der Waals surface area contributed by atoms with Gasteiger partial charge in [0, 0.05) is 24.2 Å². The molecule has 1 heterocycles. The Balaban J connectivity index is 1.64. The lowest BCUT2D eigenvalue weighted by Gasteiger charge is -2.07. The number of aliphatic hydroxyl groups excluding tert-OH is 1. The summed E-state index contributed by atoms with van der Waals surface area (Å²) in [6.45, 7) is 0.348.